The molecule has 3 nitrogen and oxygen atoms in total. The molecular weight excluding hydrogens is 178 g/mol. The molecule has 0 radical (unpaired) electrons. The lowest BCUT2D eigenvalue weighted by Crippen LogP contribution is -2.38. The summed E-state index contributed by atoms with van der Waals surface area (Å²) in [5.74, 6) is 0. The van der Waals surface area contributed by atoms with E-state index in [1.807, 2.05) is 30.3 Å². The first-order valence-electron chi connectivity index (χ1n) is 4.75. The molecule has 14 heavy (non-hydrogen) atoms. The largest absolute Gasteiger partial charge is 0.377 e. The van der Waals surface area contributed by atoms with Gasteiger partial charge in [-0.25, -0.2) is 0 Å². The zero-order valence-electron chi connectivity index (χ0n) is 7.93. The SMILES string of the molecule is O=CN1CCOC[C@@H]1c1ccccc1. The summed E-state index contributed by atoms with van der Waals surface area (Å²) in [7, 11) is 0. The number of morpholine rings is 1. The molecule has 0 N–H and O–H groups in total. The highest BCUT2D eigenvalue weighted by molar-refractivity contribution is 5.49. The monoisotopic (exact) mass is 191 g/mol. The van der Waals surface area contributed by atoms with Gasteiger partial charge in [-0.15, -0.1) is 0 Å². The zero-order valence-corrected chi connectivity index (χ0v) is 7.93. The molecule has 1 aromatic carbocycles. The lowest BCUT2D eigenvalue weighted by molar-refractivity contribution is -0.126. The van der Waals surface area contributed by atoms with Gasteiger partial charge in [-0.1, -0.05) is 30.3 Å². The molecule has 0 aliphatic carbocycles. The van der Waals surface area contributed by atoms with Crippen LogP contribution in [0.2, 0.25) is 0 Å². The molecule has 1 aromatic rings. The summed E-state index contributed by atoms with van der Waals surface area (Å²) in [5.41, 5.74) is 1.14. The van der Waals surface area contributed by atoms with Crippen molar-refractivity contribution < 1.29 is 9.53 Å². The molecule has 74 valence electrons. The summed E-state index contributed by atoms with van der Waals surface area (Å²) in [5, 5.41) is 0. The second kappa shape index (κ2) is 4.24. The maximum atomic E-state index is 10.8. The zero-order chi connectivity index (χ0) is 9.80. The molecular formula is C11H13NO2. The van der Waals surface area contributed by atoms with E-state index >= 15 is 0 Å². The van der Waals surface area contributed by atoms with Crippen LogP contribution < -0.4 is 0 Å². The topological polar surface area (TPSA) is 29.5 Å². The van der Waals surface area contributed by atoms with Crippen molar-refractivity contribution in [3.8, 4) is 0 Å². The van der Waals surface area contributed by atoms with Gasteiger partial charge < -0.3 is 9.64 Å². The van der Waals surface area contributed by atoms with Crippen molar-refractivity contribution in [2.75, 3.05) is 19.8 Å². The number of amides is 1. The summed E-state index contributed by atoms with van der Waals surface area (Å²) in [6.45, 7) is 1.92. The number of carbonyl (C=O) groups excluding carboxylic acids is 1. The Balaban J connectivity index is 2.19. The van der Waals surface area contributed by atoms with E-state index in [1.54, 1.807) is 4.90 Å². The van der Waals surface area contributed by atoms with Crippen LogP contribution >= 0.6 is 0 Å². The van der Waals surface area contributed by atoms with Crippen molar-refractivity contribution in [3.05, 3.63) is 35.9 Å². The van der Waals surface area contributed by atoms with Crippen LogP contribution in [-0.2, 0) is 9.53 Å². The van der Waals surface area contributed by atoms with Crippen molar-refractivity contribution in [3.63, 3.8) is 0 Å². The lowest BCUT2D eigenvalue weighted by Gasteiger charge is -2.32. The molecule has 0 spiro atoms. The van der Waals surface area contributed by atoms with Crippen molar-refractivity contribution in [2.45, 2.75) is 6.04 Å². The van der Waals surface area contributed by atoms with E-state index in [0.29, 0.717) is 19.8 Å². The second-order valence-corrected chi connectivity index (χ2v) is 3.34. The molecule has 1 atom stereocenters. The standard InChI is InChI=1S/C11H13NO2/c13-9-12-6-7-14-8-11(12)10-4-2-1-3-5-10/h1-5,9,11H,6-8H2/t11-/m1/s1. The average molecular weight is 191 g/mol. The van der Waals surface area contributed by atoms with Crippen molar-refractivity contribution in [1.29, 1.82) is 0 Å². The van der Waals surface area contributed by atoms with E-state index in [0.717, 1.165) is 12.0 Å². The summed E-state index contributed by atoms with van der Waals surface area (Å²) in [6, 6.07) is 10.1. The molecule has 0 bridgehead atoms. The molecule has 0 aromatic heterocycles. The van der Waals surface area contributed by atoms with Crippen LogP contribution in [0.3, 0.4) is 0 Å². The molecule has 0 saturated carbocycles. The minimum atomic E-state index is 0.0856. The van der Waals surface area contributed by atoms with Crippen LogP contribution in [0.5, 0.6) is 0 Å². The molecule has 1 aliphatic rings. The molecule has 1 fully saturated rings. The Morgan fingerprint density at radius 1 is 1.36 bits per heavy atom. The second-order valence-electron chi connectivity index (χ2n) is 3.34. The molecule has 1 saturated heterocycles. The molecule has 3 heteroatoms. The number of carbonyl (C=O) groups is 1. The van der Waals surface area contributed by atoms with Gasteiger partial charge in [0, 0.05) is 6.54 Å². The highest BCUT2D eigenvalue weighted by Gasteiger charge is 2.22. The normalized spacial score (nSPS) is 22.0. The number of nitrogens with zero attached hydrogens (tertiary/aromatic N) is 1. The average Bonchev–Trinajstić information content (AvgIpc) is 2.30. The van der Waals surface area contributed by atoms with Crippen LogP contribution in [-0.4, -0.2) is 31.1 Å². The Morgan fingerprint density at radius 3 is 2.86 bits per heavy atom. The van der Waals surface area contributed by atoms with Gasteiger partial charge in [0.2, 0.25) is 6.41 Å². The van der Waals surface area contributed by atoms with Gasteiger partial charge in [-0.2, -0.15) is 0 Å². The van der Waals surface area contributed by atoms with Gasteiger partial charge in [0.1, 0.15) is 0 Å². The van der Waals surface area contributed by atoms with Crippen molar-refractivity contribution >= 4 is 6.41 Å². The lowest BCUT2D eigenvalue weighted by atomic mass is 10.1. The Hall–Kier alpha value is -1.35. The minimum Gasteiger partial charge on any atom is -0.377 e. The number of benzene rings is 1. The van der Waals surface area contributed by atoms with E-state index in [-0.39, 0.29) is 6.04 Å². The number of ether oxygens (including phenoxy) is 1. The predicted octanol–water partition coefficient (Wildman–Crippen LogP) is 1.22. The first-order valence-corrected chi connectivity index (χ1v) is 4.75. The number of hydrogen-bond donors (Lipinski definition) is 0. The van der Waals surface area contributed by atoms with E-state index in [9.17, 15) is 4.79 Å². The van der Waals surface area contributed by atoms with Crippen LogP contribution in [0.25, 0.3) is 0 Å². The molecule has 2 rings (SSSR count). The predicted molar refractivity (Wildman–Crippen MR) is 52.8 cm³/mol. The maximum absolute atomic E-state index is 10.8. The van der Waals surface area contributed by atoms with Crippen LogP contribution in [0.15, 0.2) is 30.3 Å². The van der Waals surface area contributed by atoms with Gasteiger partial charge in [0.25, 0.3) is 0 Å². The van der Waals surface area contributed by atoms with E-state index < -0.39 is 0 Å². The van der Waals surface area contributed by atoms with E-state index in [1.165, 1.54) is 0 Å². The van der Waals surface area contributed by atoms with Crippen LogP contribution in [0.4, 0.5) is 0 Å². The summed E-state index contributed by atoms with van der Waals surface area (Å²) in [6.07, 6.45) is 0.903. The van der Waals surface area contributed by atoms with E-state index in [2.05, 4.69) is 0 Å². The Morgan fingerprint density at radius 2 is 2.14 bits per heavy atom. The molecule has 1 aliphatic heterocycles. The third-order valence-electron chi connectivity index (χ3n) is 2.49. The fourth-order valence-corrected chi connectivity index (χ4v) is 1.71. The molecule has 0 unspecified atom stereocenters. The van der Waals surface area contributed by atoms with Gasteiger partial charge in [-0.05, 0) is 5.56 Å². The van der Waals surface area contributed by atoms with Crippen molar-refractivity contribution in [2.24, 2.45) is 0 Å². The van der Waals surface area contributed by atoms with Gasteiger partial charge >= 0.3 is 0 Å². The fourth-order valence-electron chi connectivity index (χ4n) is 1.71. The number of hydrogen-bond acceptors (Lipinski definition) is 2. The smallest absolute Gasteiger partial charge is 0.210 e. The summed E-state index contributed by atoms with van der Waals surface area (Å²) in [4.78, 5) is 12.6. The minimum absolute atomic E-state index is 0.0856. The van der Waals surface area contributed by atoms with Gasteiger partial charge in [0.15, 0.2) is 0 Å². The fraction of sp³-hybridized carbons (Fsp3) is 0.364. The van der Waals surface area contributed by atoms with Crippen LogP contribution in [0.1, 0.15) is 11.6 Å². The first-order chi connectivity index (χ1) is 6.92. The highest BCUT2D eigenvalue weighted by atomic mass is 16.5. The summed E-state index contributed by atoms with van der Waals surface area (Å²) >= 11 is 0. The Labute approximate surface area is 83.3 Å². The summed E-state index contributed by atoms with van der Waals surface area (Å²) < 4.78 is 5.37. The Kier molecular flexibility index (Phi) is 2.79. The van der Waals surface area contributed by atoms with Gasteiger partial charge in [0.05, 0.1) is 19.3 Å². The highest BCUT2D eigenvalue weighted by Crippen LogP contribution is 2.21. The molecule has 1 amide bonds. The quantitative estimate of drug-likeness (QED) is 0.658. The van der Waals surface area contributed by atoms with Crippen LogP contribution in [0, 0.1) is 0 Å². The molecule has 1 heterocycles. The van der Waals surface area contributed by atoms with E-state index in [4.69, 9.17) is 4.74 Å². The third-order valence-corrected chi connectivity index (χ3v) is 2.49. The Bertz CT molecular complexity index is 299. The van der Waals surface area contributed by atoms with Crippen molar-refractivity contribution in [1.82, 2.24) is 4.90 Å². The first kappa shape index (κ1) is 9.21. The number of rotatable bonds is 2. The van der Waals surface area contributed by atoms with Gasteiger partial charge in [-0.3, -0.25) is 4.79 Å². The maximum Gasteiger partial charge on any atom is 0.210 e. The third kappa shape index (κ3) is 1.77.